The number of anilines is 2. The molecule has 1 aliphatic heterocycles. The fraction of sp³-hybridized carbons (Fsp3) is 0.500. The van der Waals surface area contributed by atoms with Crippen LogP contribution < -0.4 is 15.4 Å². The number of nitrogens with one attached hydrogen (secondary N) is 1. The maximum absolute atomic E-state index is 12.0. The Balaban J connectivity index is 0.00000176. The number of amides is 1. The van der Waals surface area contributed by atoms with Crippen molar-refractivity contribution in [3.05, 3.63) is 23.8 Å². The van der Waals surface area contributed by atoms with Gasteiger partial charge < -0.3 is 11.1 Å². The number of sulfonamides is 1. The van der Waals surface area contributed by atoms with Gasteiger partial charge in [0.15, 0.2) is 0 Å². The van der Waals surface area contributed by atoms with Crippen molar-refractivity contribution in [2.45, 2.75) is 31.7 Å². The lowest BCUT2D eigenvalue weighted by molar-refractivity contribution is -0.118. The molecule has 0 bridgehead atoms. The van der Waals surface area contributed by atoms with E-state index in [1.807, 2.05) is 13.0 Å². The standard InChI is InChI=1S/C14H19N3O3S.ClH/c1-10-3-4-11(16-13(18)14(15)5-6-14)9-12(10)17-7-2-8-21(17,19)20;/h3-4,9H,2,5-8,15H2,1H3,(H,16,18);1H. The number of rotatable bonds is 3. The first-order valence-corrected chi connectivity index (χ1v) is 8.64. The van der Waals surface area contributed by atoms with Crippen molar-refractivity contribution in [3.8, 4) is 0 Å². The first kappa shape index (κ1) is 17.1. The zero-order valence-corrected chi connectivity index (χ0v) is 14.0. The first-order chi connectivity index (χ1) is 9.82. The summed E-state index contributed by atoms with van der Waals surface area (Å²) in [5, 5.41) is 2.78. The van der Waals surface area contributed by atoms with Crippen molar-refractivity contribution in [1.29, 1.82) is 0 Å². The Hall–Kier alpha value is -1.31. The summed E-state index contributed by atoms with van der Waals surface area (Å²) in [6.07, 6.45) is 2.01. The molecule has 0 unspecified atom stereocenters. The molecule has 8 heteroatoms. The molecule has 0 spiro atoms. The van der Waals surface area contributed by atoms with E-state index in [4.69, 9.17) is 5.73 Å². The molecular weight excluding hydrogens is 326 g/mol. The van der Waals surface area contributed by atoms with Crippen LogP contribution in [-0.4, -0.2) is 32.2 Å². The second-order valence-electron chi connectivity index (χ2n) is 5.85. The Morgan fingerprint density at radius 1 is 1.36 bits per heavy atom. The van der Waals surface area contributed by atoms with Crippen molar-refractivity contribution >= 4 is 39.7 Å². The lowest BCUT2D eigenvalue weighted by atomic mass is 10.1. The molecule has 3 N–H and O–H groups in total. The molecule has 2 aliphatic rings. The third-order valence-corrected chi connectivity index (χ3v) is 5.93. The van der Waals surface area contributed by atoms with Crippen LogP contribution in [0.2, 0.25) is 0 Å². The summed E-state index contributed by atoms with van der Waals surface area (Å²) in [7, 11) is -3.23. The average molecular weight is 346 g/mol. The van der Waals surface area contributed by atoms with E-state index >= 15 is 0 Å². The van der Waals surface area contributed by atoms with E-state index in [9.17, 15) is 13.2 Å². The predicted octanol–water partition coefficient (Wildman–Crippen LogP) is 1.39. The summed E-state index contributed by atoms with van der Waals surface area (Å²) in [5.74, 6) is -0.0313. The van der Waals surface area contributed by atoms with Gasteiger partial charge in [-0.1, -0.05) is 6.07 Å². The fourth-order valence-electron chi connectivity index (χ4n) is 2.48. The van der Waals surface area contributed by atoms with Gasteiger partial charge >= 0.3 is 0 Å². The van der Waals surface area contributed by atoms with Crippen LogP contribution >= 0.6 is 12.4 Å². The summed E-state index contributed by atoms with van der Waals surface area (Å²) in [5.41, 5.74) is 7.19. The molecule has 1 heterocycles. The monoisotopic (exact) mass is 345 g/mol. The summed E-state index contributed by atoms with van der Waals surface area (Å²) in [6.45, 7) is 2.35. The Morgan fingerprint density at radius 3 is 2.59 bits per heavy atom. The maximum Gasteiger partial charge on any atom is 0.244 e. The van der Waals surface area contributed by atoms with Gasteiger partial charge in [0.05, 0.1) is 17.0 Å². The minimum absolute atomic E-state index is 0. The predicted molar refractivity (Wildman–Crippen MR) is 89.0 cm³/mol. The van der Waals surface area contributed by atoms with Crippen LogP contribution in [0.15, 0.2) is 18.2 Å². The van der Waals surface area contributed by atoms with Crippen LogP contribution in [0.3, 0.4) is 0 Å². The Morgan fingerprint density at radius 2 is 2.05 bits per heavy atom. The van der Waals surface area contributed by atoms with Crippen LogP contribution in [-0.2, 0) is 14.8 Å². The summed E-state index contributed by atoms with van der Waals surface area (Å²) >= 11 is 0. The molecule has 1 saturated carbocycles. The van der Waals surface area contributed by atoms with Crippen LogP contribution in [0, 0.1) is 6.92 Å². The number of aryl methyl sites for hydroxylation is 1. The molecule has 122 valence electrons. The van der Waals surface area contributed by atoms with Crippen molar-refractivity contribution in [2.75, 3.05) is 21.9 Å². The first-order valence-electron chi connectivity index (χ1n) is 7.03. The number of hydrogen-bond donors (Lipinski definition) is 2. The lowest BCUT2D eigenvalue weighted by Gasteiger charge is -2.20. The Bertz CT molecular complexity index is 701. The topological polar surface area (TPSA) is 92.5 Å². The molecule has 0 atom stereocenters. The normalized spacial score (nSPS) is 21.1. The van der Waals surface area contributed by atoms with Gasteiger partial charge in [0.25, 0.3) is 0 Å². The second kappa shape index (κ2) is 5.72. The van der Waals surface area contributed by atoms with Gasteiger partial charge in [-0.2, -0.15) is 0 Å². The van der Waals surface area contributed by atoms with E-state index < -0.39 is 15.6 Å². The van der Waals surface area contributed by atoms with Gasteiger partial charge in [-0.05, 0) is 43.9 Å². The van der Waals surface area contributed by atoms with Gasteiger partial charge in [-0.15, -0.1) is 12.4 Å². The molecule has 1 aliphatic carbocycles. The third-order valence-electron chi connectivity index (χ3n) is 4.08. The van der Waals surface area contributed by atoms with E-state index in [1.54, 1.807) is 12.1 Å². The molecule has 2 fully saturated rings. The molecule has 0 radical (unpaired) electrons. The van der Waals surface area contributed by atoms with Crippen LogP contribution in [0.4, 0.5) is 11.4 Å². The number of nitrogens with zero attached hydrogens (tertiary/aromatic N) is 1. The van der Waals surface area contributed by atoms with E-state index in [0.717, 1.165) is 5.56 Å². The number of nitrogens with two attached hydrogens (primary N) is 1. The van der Waals surface area contributed by atoms with Crippen LogP contribution in [0.5, 0.6) is 0 Å². The Kier molecular flexibility index (Phi) is 4.43. The average Bonchev–Trinajstić information content (AvgIpc) is 3.07. The summed E-state index contributed by atoms with van der Waals surface area (Å²) in [4.78, 5) is 12.0. The van der Waals surface area contributed by atoms with Crippen molar-refractivity contribution < 1.29 is 13.2 Å². The highest BCUT2D eigenvalue weighted by molar-refractivity contribution is 7.93. The van der Waals surface area contributed by atoms with Crippen molar-refractivity contribution in [2.24, 2.45) is 5.73 Å². The SMILES string of the molecule is Cc1ccc(NC(=O)C2(N)CC2)cc1N1CCCS1(=O)=O.Cl. The summed E-state index contributed by atoms with van der Waals surface area (Å²) < 4.78 is 25.5. The summed E-state index contributed by atoms with van der Waals surface area (Å²) in [6, 6.07) is 5.29. The highest BCUT2D eigenvalue weighted by Gasteiger charge is 2.46. The largest absolute Gasteiger partial charge is 0.324 e. The maximum atomic E-state index is 12.0. The lowest BCUT2D eigenvalue weighted by Crippen LogP contribution is -2.37. The van der Waals surface area contributed by atoms with Gasteiger partial charge in [0, 0.05) is 12.2 Å². The fourth-order valence-corrected chi connectivity index (χ4v) is 4.10. The zero-order chi connectivity index (χ0) is 15.3. The number of carbonyl (C=O) groups is 1. The zero-order valence-electron chi connectivity index (χ0n) is 12.3. The molecule has 3 rings (SSSR count). The second-order valence-corrected chi connectivity index (χ2v) is 7.87. The van der Waals surface area contributed by atoms with E-state index in [2.05, 4.69) is 5.32 Å². The van der Waals surface area contributed by atoms with Crippen molar-refractivity contribution in [3.63, 3.8) is 0 Å². The van der Waals surface area contributed by atoms with Gasteiger partial charge in [0.1, 0.15) is 0 Å². The number of hydrogen-bond acceptors (Lipinski definition) is 4. The molecule has 1 amide bonds. The van der Waals surface area contributed by atoms with E-state index in [-0.39, 0.29) is 24.1 Å². The smallest absolute Gasteiger partial charge is 0.244 e. The number of benzene rings is 1. The van der Waals surface area contributed by atoms with Gasteiger partial charge in [0.2, 0.25) is 15.9 Å². The third kappa shape index (κ3) is 3.06. The molecule has 6 nitrogen and oxygen atoms in total. The quantitative estimate of drug-likeness (QED) is 0.865. The molecule has 1 saturated heterocycles. The molecular formula is C14H20ClN3O3S. The van der Waals surface area contributed by atoms with Crippen molar-refractivity contribution in [1.82, 2.24) is 0 Å². The Labute approximate surface area is 136 Å². The minimum Gasteiger partial charge on any atom is -0.324 e. The highest BCUT2D eigenvalue weighted by atomic mass is 35.5. The molecule has 22 heavy (non-hydrogen) atoms. The van der Waals surface area contributed by atoms with Gasteiger partial charge in [-0.3, -0.25) is 9.10 Å². The number of carbonyl (C=O) groups excluding carboxylic acids is 1. The minimum atomic E-state index is -3.23. The molecule has 1 aromatic rings. The van der Waals surface area contributed by atoms with Gasteiger partial charge in [-0.25, -0.2) is 8.42 Å². The van der Waals surface area contributed by atoms with Crippen LogP contribution in [0.1, 0.15) is 24.8 Å². The molecule has 0 aromatic heterocycles. The molecule has 1 aromatic carbocycles. The van der Waals surface area contributed by atoms with Crippen LogP contribution in [0.25, 0.3) is 0 Å². The number of halogens is 1. The highest BCUT2D eigenvalue weighted by Crippen LogP contribution is 2.34. The van der Waals surface area contributed by atoms with E-state index in [0.29, 0.717) is 37.2 Å². The van der Waals surface area contributed by atoms with E-state index in [1.165, 1.54) is 4.31 Å².